The molecule has 146 valence electrons. The zero-order chi connectivity index (χ0) is 19.7. The smallest absolute Gasteiger partial charge is 0.407 e. The molecule has 4 rings (SSSR count). The van der Waals surface area contributed by atoms with Crippen molar-refractivity contribution in [3.05, 3.63) is 35.4 Å². The number of carbonyl (C=O) groups is 2. The molecule has 2 heterocycles. The Balaban J connectivity index is 1.79. The van der Waals surface area contributed by atoms with Gasteiger partial charge in [0.05, 0.1) is 5.69 Å². The molecule has 2 N–H and O–H groups in total. The number of hydrogen-bond acceptors (Lipinski definition) is 5. The average molecular weight is 381 g/mol. The maximum absolute atomic E-state index is 11.6. The molecule has 8 nitrogen and oxygen atoms in total. The molecule has 1 aromatic heterocycles. The molecule has 0 unspecified atom stereocenters. The van der Waals surface area contributed by atoms with Gasteiger partial charge in [-0.15, -0.1) is 0 Å². The van der Waals surface area contributed by atoms with Crippen molar-refractivity contribution in [3.8, 4) is 11.3 Å². The fourth-order valence-electron chi connectivity index (χ4n) is 3.93. The van der Waals surface area contributed by atoms with Crippen molar-refractivity contribution >= 4 is 23.8 Å². The van der Waals surface area contributed by atoms with E-state index < -0.39 is 6.09 Å². The number of nitrogens with zero attached hydrogens (tertiary/aromatic N) is 4. The Hall–Kier alpha value is -3.16. The van der Waals surface area contributed by atoms with E-state index in [4.69, 9.17) is 0 Å². The van der Waals surface area contributed by atoms with E-state index in [0.717, 1.165) is 41.9 Å². The number of amides is 2. The Kier molecular flexibility index (Phi) is 4.85. The number of carboxylic acid groups (broad SMARTS) is 1. The molecule has 1 fully saturated rings. The van der Waals surface area contributed by atoms with Crippen LogP contribution in [-0.4, -0.2) is 58.2 Å². The third-order valence-electron chi connectivity index (χ3n) is 5.27. The molecule has 0 radical (unpaired) electrons. The van der Waals surface area contributed by atoms with Gasteiger partial charge in [0.2, 0.25) is 11.9 Å². The first-order valence-corrected chi connectivity index (χ1v) is 9.52. The highest BCUT2D eigenvalue weighted by Crippen LogP contribution is 2.36. The molecule has 1 aromatic carbocycles. The predicted molar refractivity (Wildman–Crippen MR) is 106 cm³/mol. The fourth-order valence-corrected chi connectivity index (χ4v) is 3.93. The summed E-state index contributed by atoms with van der Waals surface area (Å²) in [6, 6.07) is 8.22. The number of fused-ring (bicyclic) bond motifs is 3. The van der Waals surface area contributed by atoms with Crippen LogP contribution in [0.2, 0.25) is 0 Å². The second-order valence-electron chi connectivity index (χ2n) is 7.15. The first-order valence-electron chi connectivity index (χ1n) is 9.52. The lowest BCUT2D eigenvalue weighted by Crippen LogP contribution is -2.49. The van der Waals surface area contributed by atoms with Crippen molar-refractivity contribution in [2.75, 3.05) is 36.4 Å². The fraction of sp³-hybridized carbons (Fsp3) is 0.400. The highest BCUT2D eigenvalue weighted by atomic mass is 16.4. The highest BCUT2D eigenvalue weighted by Gasteiger charge is 2.27. The number of carbonyl (C=O) groups excluding carboxylic acids is 1. The van der Waals surface area contributed by atoms with Gasteiger partial charge in [-0.3, -0.25) is 10.1 Å². The number of anilines is 2. The number of rotatable bonds is 2. The van der Waals surface area contributed by atoms with Crippen LogP contribution in [0.5, 0.6) is 0 Å². The van der Waals surface area contributed by atoms with Crippen LogP contribution in [0.4, 0.5) is 16.6 Å². The first-order chi connectivity index (χ1) is 13.5. The molecule has 1 aliphatic carbocycles. The van der Waals surface area contributed by atoms with Crippen molar-refractivity contribution in [2.24, 2.45) is 0 Å². The molecule has 0 atom stereocenters. The topological polar surface area (TPSA) is 98.7 Å². The van der Waals surface area contributed by atoms with E-state index in [1.54, 1.807) is 0 Å². The predicted octanol–water partition coefficient (Wildman–Crippen LogP) is 2.39. The lowest BCUT2D eigenvalue weighted by molar-refractivity contribution is -0.114. The summed E-state index contributed by atoms with van der Waals surface area (Å²) in [7, 11) is 0. The van der Waals surface area contributed by atoms with Crippen LogP contribution in [-0.2, 0) is 17.6 Å². The minimum absolute atomic E-state index is 0.219. The van der Waals surface area contributed by atoms with Gasteiger partial charge in [-0.25, -0.2) is 9.78 Å². The Morgan fingerprint density at radius 1 is 1.07 bits per heavy atom. The Morgan fingerprint density at radius 3 is 2.54 bits per heavy atom. The Morgan fingerprint density at radius 2 is 1.82 bits per heavy atom. The second-order valence-corrected chi connectivity index (χ2v) is 7.15. The van der Waals surface area contributed by atoms with E-state index >= 15 is 0 Å². The molecule has 1 saturated heterocycles. The molecule has 2 amide bonds. The van der Waals surface area contributed by atoms with Crippen molar-refractivity contribution in [2.45, 2.75) is 26.2 Å². The summed E-state index contributed by atoms with van der Waals surface area (Å²) >= 11 is 0. The summed E-state index contributed by atoms with van der Waals surface area (Å²) in [5, 5.41) is 11.9. The maximum atomic E-state index is 11.6. The Labute approximate surface area is 163 Å². The molecule has 28 heavy (non-hydrogen) atoms. The van der Waals surface area contributed by atoms with Crippen molar-refractivity contribution < 1.29 is 14.7 Å². The van der Waals surface area contributed by atoms with Gasteiger partial charge in [0.15, 0.2) is 0 Å². The summed E-state index contributed by atoms with van der Waals surface area (Å²) in [6.07, 6.45) is 1.91. The van der Waals surface area contributed by atoms with Crippen LogP contribution in [0.3, 0.4) is 0 Å². The van der Waals surface area contributed by atoms with E-state index in [1.807, 2.05) is 12.1 Å². The van der Waals surface area contributed by atoms with Crippen molar-refractivity contribution in [1.29, 1.82) is 0 Å². The first kappa shape index (κ1) is 18.2. The summed E-state index contributed by atoms with van der Waals surface area (Å²) in [4.78, 5) is 35.7. The van der Waals surface area contributed by atoms with Gasteiger partial charge in [-0.05, 0) is 24.8 Å². The lowest BCUT2D eigenvalue weighted by atomic mass is 10.0. The molecule has 1 aliphatic heterocycles. The van der Waals surface area contributed by atoms with E-state index in [9.17, 15) is 14.7 Å². The number of hydrogen-bond donors (Lipinski definition) is 2. The normalized spacial score (nSPS) is 16.0. The summed E-state index contributed by atoms with van der Waals surface area (Å²) in [5.41, 5.74) is 4.26. The van der Waals surface area contributed by atoms with Crippen LogP contribution in [0.1, 0.15) is 24.5 Å². The van der Waals surface area contributed by atoms with E-state index in [1.165, 1.54) is 17.4 Å². The summed E-state index contributed by atoms with van der Waals surface area (Å²) < 4.78 is 0. The van der Waals surface area contributed by atoms with Gasteiger partial charge >= 0.3 is 6.09 Å². The number of aromatic nitrogens is 2. The third kappa shape index (κ3) is 3.49. The SMILES string of the molecule is CC(=O)Nc1nc2c(c(N3CCN(C(=O)O)CC3)n1)CCCc1ccccc1-2. The monoisotopic (exact) mass is 381 g/mol. The minimum atomic E-state index is -0.894. The van der Waals surface area contributed by atoms with Crippen LogP contribution >= 0.6 is 0 Å². The molecule has 2 aromatic rings. The summed E-state index contributed by atoms with van der Waals surface area (Å²) in [5.74, 6) is 0.873. The van der Waals surface area contributed by atoms with Gasteiger partial charge < -0.3 is 14.9 Å². The standard InChI is InChI=1S/C20H23N5O3/c1-13(26)21-19-22-17-15-7-3-2-5-14(15)6-4-8-16(17)18(23-19)24-9-11-25(12-10-24)20(27)28/h2-3,5,7H,4,6,8-12H2,1H3,(H,27,28)(H,21,22,23,26). The highest BCUT2D eigenvalue weighted by molar-refractivity contribution is 5.87. The van der Waals surface area contributed by atoms with Crippen LogP contribution in [0.15, 0.2) is 24.3 Å². The largest absolute Gasteiger partial charge is 0.465 e. The molecule has 0 saturated carbocycles. The second kappa shape index (κ2) is 7.46. The number of aryl methyl sites for hydroxylation is 1. The van der Waals surface area contributed by atoms with E-state index in [-0.39, 0.29) is 5.91 Å². The van der Waals surface area contributed by atoms with Crippen LogP contribution in [0, 0.1) is 0 Å². The zero-order valence-electron chi connectivity index (χ0n) is 15.8. The van der Waals surface area contributed by atoms with Crippen molar-refractivity contribution in [1.82, 2.24) is 14.9 Å². The van der Waals surface area contributed by atoms with Gasteiger partial charge in [0.25, 0.3) is 0 Å². The van der Waals surface area contributed by atoms with E-state index in [2.05, 4.69) is 32.3 Å². The molecule has 0 spiro atoms. The van der Waals surface area contributed by atoms with Gasteiger partial charge in [-0.1, -0.05) is 24.3 Å². The lowest BCUT2D eigenvalue weighted by Gasteiger charge is -2.35. The molecule has 8 heteroatoms. The van der Waals surface area contributed by atoms with Crippen LogP contribution in [0.25, 0.3) is 11.3 Å². The zero-order valence-corrected chi connectivity index (χ0v) is 15.8. The molecule has 0 bridgehead atoms. The quantitative estimate of drug-likeness (QED) is 0.829. The summed E-state index contributed by atoms with van der Waals surface area (Å²) in [6.45, 7) is 3.43. The number of nitrogens with one attached hydrogen (secondary N) is 1. The Bertz CT molecular complexity index is 922. The van der Waals surface area contributed by atoms with E-state index in [0.29, 0.717) is 32.1 Å². The minimum Gasteiger partial charge on any atom is -0.465 e. The van der Waals surface area contributed by atoms with Crippen molar-refractivity contribution in [3.63, 3.8) is 0 Å². The third-order valence-corrected chi connectivity index (χ3v) is 5.27. The molecular weight excluding hydrogens is 358 g/mol. The molecular formula is C20H23N5O3. The average Bonchev–Trinajstić information content (AvgIpc) is 2.86. The molecule has 2 aliphatic rings. The van der Waals surface area contributed by atoms with Gasteiger partial charge in [0, 0.05) is 44.2 Å². The van der Waals surface area contributed by atoms with Crippen LogP contribution < -0.4 is 10.2 Å². The number of benzene rings is 1. The van der Waals surface area contributed by atoms with Gasteiger partial charge in [-0.2, -0.15) is 4.98 Å². The van der Waals surface area contributed by atoms with Gasteiger partial charge in [0.1, 0.15) is 5.82 Å². The number of piperazine rings is 1. The maximum Gasteiger partial charge on any atom is 0.407 e.